The second kappa shape index (κ2) is 5.33. The van der Waals surface area contributed by atoms with Gasteiger partial charge in [0.2, 0.25) is 0 Å². The smallest absolute Gasteiger partial charge is 0.336 e. The maximum Gasteiger partial charge on any atom is 0.336 e. The number of hydrogen-bond acceptors (Lipinski definition) is 3. The Morgan fingerprint density at radius 3 is 2.70 bits per heavy atom. The van der Waals surface area contributed by atoms with Crippen LogP contribution in [0, 0.1) is 0 Å². The Balaban J connectivity index is 2.03. The van der Waals surface area contributed by atoms with Crippen LogP contribution < -0.4 is 0 Å². The van der Waals surface area contributed by atoms with Gasteiger partial charge in [-0.1, -0.05) is 41.9 Å². The van der Waals surface area contributed by atoms with Crippen molar-refractivity contribution in [3.05, 3.63) is 65.2 Å². The molecule has 4 rings (SSSR count). The molecule has 2 aromatic carbocycles. The average Bonchev–Trinajstić information content (AvgIpc) is 2.98. The molecule has 0 amide bonds. The van der Waals surface area contributed by atoms with Gasteiger partial charge in [0.15, 0.2) is 0 Å². The number of benzene rings is 2. The van der Waals surface area contributed by atoms with E-state index in [9.17, 15) is 9.90 Å². The summed E-state index contributed by atoms with van der Waals surface area (Å²) in [5.41, 5.74) is 1.36. The van der Waals surface area contributed by atoms with E-state index in [1.54, 1.807) is 35.6 Å². The van der Waals surface area contributed by atoms with Crippen molar-refractivity contribution in [2.24, 2.45) is 0 Å². The van der Waals surface area contributed by atoms with Crippen molar-refractivity contribution in [2.45, 2.75) is 0 Å². The maximum atomic E-state index is 11.6. The molecule has 23 heavy (non-hydrogen) atoms. The normalized spacial score (nSPS) is 11.2. The van der Waals surface area contributed by atoms with Crippen LogP contribution in [-0.4, -0.2) is 16.1 Å². The number of aromatic carboxylic acids is 1. The van der Waals surface area contributed by atoms with Gasteiger partial charge in [-0.15, -0.1) is 11.3 Å². The lowest BCUT2D eigenvalue weighted by molar-refractivity contribution is 0.0699. The molecular formula is C18H10ClNO2S. The fraction of sp³-hybridized carbons (Fsp3) is 0. The molecule has 0 aliphatic heterocycles. The number of aromatic nitrogens is 1. The van der Waals surface area contributed by atoms with E-state index in [2.05, 4.69) is 4.98 Å². The van der Waals surface area contributed by atoms with Crippen LogP contribution in [0.1, 0.15) is 10.4 Å². The highest BCUT2D eigenvalue weighted by Gasteiger charge is 2.15. The van der Waals surface area contributed by atoms with Gasteiger partial charge in [0.05, 0.1) is 26.7 Å². The molecule has 0 radical (unpaired) electrons. The van der Waals surface area contributed by atoms with Gasteiger partial charge >= 0.3 is 5.97 Å². The molecule has 3 nitrogen and oxygen atoms in total. The highest BCUT2D eigenvalue weighted by atomic mass is 35.5. The van der Waals surface area contributed by atoms with E-state index in [-0.39, 0.29) is 5.56 Å². The number of para-hydroxylation sites is 1. The molecule has 0 atom stereocenters. The van der Waals surface area contributed by atoms with E-state index < -0.39 is 5.97 Å². The summed E-state index contributed by atoms with van der Waals surface area (Å²) in [5.74, 6) is -0.984. The van der Waals surface area contributed by atoms with Gasteiger partial charge in [0.25, 0.3) is 0 Å². The fourth-order valence-electron chi connectivity index (χ4n) is 2.62. The van der Waals surface area contributed by atoms with Crippen LogP contribution in [-0.2, 0) is 0 Å². The fourth-order valence-corrected chi connectivity index (χ4v) is 3.86. The first-order valence-electron chi connectivity index (χ1n) is 6.95. The number of fused-ring (bicyclic) bond motifs is 2. The Kier molecular flexibility index (Phi) is 3.29. The third-order valence-electron chi connectivity index (χ3n) is 3.70. The molecule has 0 aliphatic carbocycles. The van der Waals surface area contributed by atoms with E-state index >= 15 is 0 Å². The molecule has 1 N–H and O–H groups in total. The Hall–Kier alpha value is -2.43. The highest BCUT2D eigenvalue weighted by Crippen LogP contribution is 2.35. The highest BCUT2D eigenvalue weighted by molar-refractivity contribution is 7.22. The second-order valence-electron chi connectivity index (χ2n) is 5.14. The molecule has 4 aromatic rings. The van der Waals surface area contributed by atoms with Gasteiger partial charge in [-0.2, -0.15) is 0 Å². The Morgan fingerprint density at radius 1 is 1.09 bits per heavy atom. The van der Waals surface area contributed by atoms with Gasteiger partial charge in [0.1, 0.15) is 0 Å². The first-order valence-corrected chi connectivity index (χ1v) is 8.14. The molecule has 0 spiro atoms. The van der Waals surface area contributed by atoms with E-state index in [4.69, 9.17) is 11.6 Å². The van der Waals surface area contributed by atoms with Crippen molar-refractivity contribution in [1.82, 2.24) is 4.98 Å². The molecular weight excluding hydrogens is 330 g/mol. The summed E-state index contributed by atoms with van der Waals surface area (Å²) < 4.78 is 1.14. The molecule has 0 saturated carbocycles. The Labute approximate surface area is 140 Å². The molecule has 2 aromatic heterocycles. The number of halogens is 1. The van der Waals surface area contributed by atoms with Crippen molar-refractivity contribution in [1.29, 1.82) is 0 Å². The summed E-state index contributed by atoms with van der Waals surface area (Å²) in [6, 6.07) is 16.9. The summed E-state index contributed by atoms with van der Waals surface area (Å²) in [6.45, 7) is 0. The molecule has 0 bridgehead atoms. The van der Waals surface area contributed by atoms with Crippen molar-refractivity contribution in [3.8, 4) is 10.6 Å². The zero-order valence-corrected chi connectivity index (χ0v) is 13.4. The van der Waals surface area contributed by atoms with Crippen molar-refractivity contribution in [2.75, 3.05) is 0 Å². The first-order chi connectivity index (χ1) is 11.1. The minimum Gasteiger partial charge on any atom is -0.478 e. The first kappa shape index (κ1) is 14.2. The zero-order chi connectivity index (χ0) is 16.0. The molecule has 0 saturated heterocycles. The van der Waals surface area contributed by atoms with Crippen LogP contribution in [0.15, 0.2) is 54.6 Å². The number of rotatable bonds is 2. The molecule has 0 fully saturated rings. The third kappa shape index (κ3) is 2.36. The molecule has 0 unspecified atom stereocenters. The molecule has 5 heteroatoms. The summed E-state index contributed by atoms with van der Waals surface area (Å²) >= 11 is 7.81. The van der Waals surface area contributed by atoms with Crippen molar-refractivity contribution in [3.63, 3.8) is 0 Å². The monoisotopic (exact) mass is 339 g/mol. The van der Waals surface area contributed by atoms with Gasteiger partial charge in [0, 0.05) is 10.1 Å². The van der Waals surface area contributed by atoms with E-state index in [1.807, 2.05) is 30.3 Å². The van der Waals surface area contributed by atoms with Crippen molar-refractivity contribution < 1.29 is 9.90 Å². The second-order valence-corrected chi connectivity index (χ2v) is 6.64. The zero-order valence-electron chi connectivity index (χ0n) is 11.8. The number of carboxylic acids is 1. The molecule has 112 valence electrons. The number of hydrogen-bond donors (Lipinski definition) is 1. The van der Waals surface area contributed by atoms with Gasteiger partial charge in [-0.05, 0) is 29.7 Å². The Morgan fingerprint density at radius 2 is 1.91 bits per heavy atom. The lowest BCUT2D eigenvalue weighted by Gasteiger charge is -2.06. The van der Waals surface area contributed by atoms with Crippen molar-refractivity contribution >= 4 is 49.9 Å². The van der Waals surface area contributed by atoms with E-state index in [0.29, 0.717) is 21.6 Å². The SMILES string of the molecule is O=C(O)c1cc(-c2cc3ccccc3s2)nc2c(Cl)cccc12. The summed E-state index contributed by atoms with van der Waals surface area (Å²) in [6.07, 6.45) is 0. The predicted molar refractivity (Wildman–Crippen MR) is 94.5 cm³/mol. The number of carbonyl (C=O) groups is 1. The van der Waals surface area contributed by atoms with Gasteiger partial charge in [-0.25, -0.2) is 9.78 Å². The number of nitrogens with zero attached hydrogens (tertiary/aromatic N) is 1. The third-order valence-corrected chi connectivity index (χ3v) is 5.14. The minimum atomic E-state index is -0.984. The largest absolute Gasteiger partial charge is 0.478 e. The van der Waals surface area contributed by atoms with Crippen LogP contribution >= 0.6 is 22.9 Å². The minimum absolute atomic E-state index is 0.213. The Bertz CT molecular complexity index is 1040. The number of thiophene rings is 1. The van der Waals surface area contributed by atoms with Crippen LogP contribution in [0.4, 0.5) is 0 Å². The average molecular weight is 340 g/mol. The van der Waals surface area contributed by atoms with Gasteiger partial charge in [-0.3, -0.25) is 0 Å². The standard InChI is InChI=1S/C18H10ClNO2S/c19-13-6-3-5-11-12(18(21)22)9-14(20-17(11)13)16-8-10-4-1-2-7-15(10)23-16/h1-9H,(H,21,22). The number of pyridine rings is 1. The molecule has 2 heterocycles. The molecule has 0 aliphatic rings. The lowest BCUT2D eigenvalue weighted by atomic mass is 10.1. The summed E-state index contributed by atoms with van der Waals surface area (Å²) in [4.78, 5) is 17.1. The van der Waals surface area contributed by atoms with E-state index in [0.717, 1.165) is 15.0 Å². The number of carboxylic acid groups (broad SMARTS) is 1. The van der Waals surface area contributed by atoms with Crippen LogP contribution in [0.5, 0.6) is 0 Å². The maximum absolute atomic E-state index is 11.6. The van der Waals surface area contributed by atoms with Gasteiger partial charge < -0.3 is 5.11 Å². The topological polar surface area (TPSA) is 50.2 Å². The summed E-state index contributed by atoms with van der Waals surface area (Å²) in [7, 11) is 0. The van der Waals surface area contributed by atoms with E-state index in [1.165, 1.54) is 0 Å². The van der Waals surface area contributed by atoms with Crippen LogP contribution in [0.3, 0.4) is 0 Å². The summed E-state index contributed by atoms with van der Waals surface area (Å²) in [5, 5.41) is 11.6. The van der Waals surface area contributed by atoms with Crippen LogP contribution in [0.2, 0.25) is 5.02 Å². The van der Waals surface area contributed by atoms with Crippen LogP contribution in [0.25, 0.3) is 31.6 Å². The predicted octanol–water partition coefficient (Wildman–Crippen LogP) is 5.47. The lowest BCUT2D eigenvalue weighted by Crippen LogP contribution is -2.00. The quantitative estimate of drug-likeness (QED) is 0.527.